The van der Waals surface area contributed by atoms with E-state index >= 15 is 0 Å². The van der Waals surface area contributed by atoms with Gasteiger partial charge in [0.2, 0.25) is 0 Å². The first kappa shape index (κ1) is 71.8. The third-order valence-electron chi connectivity index (χ3n) is 14.2. The van der Waals surface area contributed by atoms with Gasteiger partial charge in [-0.25, -0.2) is 0 Å². The zero-order chi connectivity index (χ0) is 54.3. The standard InChI is InChI=1S/C69H122O6/c1-4-7-10-13-16-19-22-25-28-30-32-34-36-38-41-44-47-50-53-56-59-62-68(71)74-65-66(64-73-67(70)61-58-55-52-49-46-43-40-27-24-21-18-15-12-9-6-3)75-69(72)63-60-57-54-51-48-45-42-39-37-35-33-31-29-26-23-20-17-14-11-8-5-2/h9,12,18,21,27,30-33,40,46,49,66H,4-8,10-11,13-17,19-20,22-26,28-29,34-39,41-45,47-48,50-65H2,1-3H3/b12-9-,21-18-,32-30-,33-31-,40-27-,49-46-. The van der Waals surface area contributed by atoms with Gasteiger partial charge in [0, 0.05) is 19.3 Å². The number of hydrogen-bond donors (Lipinski definition) is 0. The molecule has 0 aliphatic heterocycles. The van der Waals surface area contributed by atoms with Crippen LogP contribution in [0.1, 0.15) is 329 Å². The molecule has 0 bridgehead atoms. The first-order valence-corrected chi connectivity index (χ1v) is 32.4. The molecule has 75 heavy (non-hydrogen) atoms. The van der Waals surface area contributed by atoms with E-state index in [0.29, 0.717) is 19.3 Å². The summed E-state index contributed by atoms with van der Waals surface area (Å²) >= 11 is 0. The molecular formula is C69H122O6. The molecule has 1 unspecified atom stereocenters. The van der Waals surface area contributed by atoms with Crippen LogP contribution in [0.2, 0.25) is 0 Å². The SMILES string of the molecule is CC/C=C\C/C=C\C/C=C\C/C=C\CCCCC(=O)OCC(COC(=O)CCCCCCCCCCC/C=C\CCCCCCCCCC)OC(=O)CCCCCCCCCCC/C=C\CCCCCCCCCC. The highest BCUT2D eigenvalue weighted by atomic mass is 16.6. The van der Waals surface area contributed by atoms with Gasteiger partial charge in [-0.3, -0.25) is 14.4 Å². The van der Waals surface area contributed by atoms with Gasteiger partial charge < -0.3 is 14.2 Å². The van der Waals surface area contributed by atoms with E-state index in [0.717, 1.165) is 83.5 Å². The monoisotopic (exact) mass is 1050 g/mol. The number of carbonyl (C=O) groups is 3. The summed E-state index contributed by atoms with van der Waals surface area (Å²) in [5.41, 5.74) is 0. The Morgan fingerprint density at radius 2 is 0.520 bits per heavy atom. The normalized spacial score (nSPS) is 12.5. The number of unbranched alkanes of at least 4 members (excludes halogenated alkanes) is 36. The van der Waals surface area contributed by atoms with E-state index in [9.17, 15) is 14.4 Å². The number of hydrogen-bond acceptors (Lipinski definition) is 6. The maximum Gasteiger partial charge on any atom is 0.306 e. The highest BCUT2D eigenvalue weighted by Gasteiger charge is 2.19. The van der Waals surface area contributed by atoms with E-state index in [2.05, 4.69) is 93.7 Å². The zero-order valence-electron chi connectivity index (χ0n) is 49.8. The van der Waals surface area contributed by atoms with Crippen LogP contribution in [0.15, 0.2) is 72.9 Å². The van der Waals surface area contributed by atoms with Gasteiger partial charge in [0.15, 0.2) is 6.10 Å². The first-order chi connectivity index (χ1) is 37.0. The summed E-state index contributed by atoms with van der Waals surface area (Å²) < 4.78 is 16.9. The molecule has 1 atom stereocenters. The van der Waals surface area contributed by atoms with Crippen LogP contribution in [0.5, 0.6) is 0 Å². The molecule has 0 aliphatic rings. The third kappa shape index (κ3) is 61.6. The van der Waals surface area contributed by atoms with E-state index in [1.807, 2.05) is 0 Å². The molecule has 0 fully saturated rings. The van der Waals surface area contributed by atoms with Crippen LogP contribution in [0, 0.1) is 0 Å². The largest absolute Gasteiger partial charge is 0.462 e. The summed E-state index contributed by atoms with van der Waals surface area (Å²) in [4.78, 5) is 38.3. The molecule has 0 N–H and O–H groups in total. The number of allylic oxidation sites excluding steroid dienone is 12. The summed E-state index contributed by atoms with van der Waals surface area (Å²) in [6, 6.07) is 0. The quantitative estimate of drug-likeness (QED) is 0.0261. The highest BCUT2D eigenvalue weighted by Crippen LogP contribution is 2.16. The molecule has 0 saturated carbocycles. The number of ether oxygens (including phenoxy) is 3. The summed E-state index contributed by atoms with van der Waals surface area (Å²) in [5.74, 6) is -0.922. The van der Waals surface area contributed by atoms with Crippen LogP contribution >= 0.6 is 0 Å². The Hall–Kier alpha value is -3.15. The lowest BCUT2D eigenvalue weighted by atomic mass is 10.1. The van der Waals surface area contributed by atoms with Crippen LogP contribution in [-0.4, -0.2) is 37.2 Å². The molecule has 0 aliphatic carbocycles. The Morgan fingerprint density at radius 3 is 0.853 bits per heavy atom. The summed E-state index contributed by atoms with van der Waals surface area (Å²) in [6.45, 7) is 6.53. The molecule has 0 amide bonds. The molecule has 0 aromatic carbocycles. The van der Waals surface area contributed by atoms with Crippen molar-refractivity contribution in [3.8, 4) is 0 Å². The van der Waals surface area contributed by atoms with Crippen LogP contribution in [0.25, 0.3) is 0 Å². The van der Waals surface area contributed by atoms with E-state index in [1.165, 1.54) is 205 Å². The second-order valence-electron chi connectivity index (χ2n) is 21.6. The van der Waals surface area contributed by atoms with Crippen LogP contribution < -0.4 is 0 Å². The smallest absolute Gasteiger partial charge is 0.306 e. The van der Waals surface area contributed by atoms with Crippen molar-refractivity contribution in [3.63, 3.8) is 0 Å². The zero-order valence-corrected chi connectivity index (χ0v) is 49.8. The molecule has 0 radical (unpaired) electrons. The topological polar surface area (TPSA) is 78.9 Å². The molecule has 0 aromatic heterocycles. The van der Waals surface area contributed by atoms with Gasteiger partial charge in [-0.2, -0.15) is 0 Å². The number of esters is 3. The van der Waals surface area contributed by atoms with Crippen LogP contribution in [0.4, 0.5) is 0 Å². The van der Waals surface area contributed by atoms with Crippen molar-refractivity contribution in [2.24, 2.45) is 0 Å². The Morgan fingerprint density at radius 1 is 0.280 bits per heavy atom. The first-order valence-electron chi connectivity index (χ1n) is 32.4. The van der Waals surface area contributed by atoms with Crippen molar-refractivity contribution in [1.29, 1.82) is 0 Å². The fraction of sp³-hybridized carbons (Fsp3) is 0.783. The molecule has 6 nitrogen and oxygen atoms in total. The van der Waals surface area contributed by atoms with E-state index in [4.69, 9.17) is 14.2 Å². The van der Waals surface area contributed by atoms with Gasteiger partial charge >= 0.3 is 17.9 Å². The Balaban J connectivity index is 4.38. The predicted octanol–water partition coefficient (Wildman–Crippen LogP) is 22.1. The van der Waals surface area contributed by atoms with Crippen LogP contribution in [-0.2, 0) is 28.6 Å². The summed E-state index contributed by atoms with van der Waals surface area (Å²) in [6.07, 6.45) is 82.0. The highest BCUT2D eigenvalue weighted by molar-refractivity contribution is 5.71. The van der Waals surface area contributed by atoms with Gasteiger partial charge in [0.25, 0.3) is 0 Å². The number of rotatable bonds is 59. The second-order valence-corrected chi connectivity index (χ2v) is 21.6. The van der Waals surface area contributed by atoms with Gasteiger partial charge in [-0.1, -0.05) is 273 Å². The Bertz CT molecular complexity index is 1390. The minimum Gasteiger partial charge on any atom is -0.462 e. The molecular weight excluding hydrogens is 925 g/mol. The average molecular weight is 1050 g/mol. The van der Waals surface area contributed by atoms with Crippen molar-refractivity contribution in [2.75, 3.05) is 13.2 Å². The molecule has 6 heteroatoms. The maximum atomic E-state index is 12.9. The second kappa shape index (κ2) is 63.4. The van der Waals surface area contributed by atoms with E-state index < -0.39 is 6.10 Å². The Labute approximate surface area is 465 Å². The van der Waals surface area contributed by atoms with Crippen molar-refractivity contribution >= 4 is 17.9 Å². The van der Waals surface area contributed by atoms with Crippen molar-refractivity contribution in [1.82, 2.24) is 0 Å². The van der Waals surface area contributed by atoms with Crippen LogP contribution in [0.3, 0.4) is 0 Å². The molecule has 0 rings (SSSR count). The Kier molecular flexibility index (Phi) is 60.7. The van der Waals surface area contributed by atoms with Crippen molar-refractivity contribution < 1.29 is 28.6 Å². The summed E-state index contributed by atoms with van der Waals surface area (Å²) in [5, 5.41) is 0. The molecule has 434 valence electrons. The minimum atomic E-state index is -0.795. The third-order valence-corrected chi connectivity index (χ3v) is 14.2. The average Bonchev–Trinajstić information content (AvgIpc) is 3.41. The van der Waals surface area contributed by atoms with Gasteiger partial charge in [-0.15, -0.1) is 0 Å². The van der Waals surface area contributed by atoms with Gasteiger partial charge in [0.05, 0.1) is 0 Å². The van der Waals surface area contributed by atoms with Gasteiger partial charge in [-0.05, 0) is 109 Å². The fourth-order valence-corrected chi connectivity index (χ4v) is 9.31. The predicted molar refractivity (Wildman–Crippen MR) is 325 cm³/mol. The molecule has 0 saturated heterocycles. The lowest BCUT2D eigenvalue weighted by molar-refractivity contribution is -0.167. The van der Waals surface area contributed by atoms with Crippen molar-refractivity contribution in [3.05, 3.63) is 72.9 Å². The summed E-state index contributed by atoms with van der Waals surface area (Å²) in [7, 11) is 0. The lowest BCUT2D eigenvalue weighted by Gasteiger charge is -2.18. The minimum absolute atomic E-state index is 0.0890. The molecule has 0 heterocycles. The lowest BCUT2D eigenvalue weighted by Crippen LogP contribution is -2.30. The van der Waals surface area contributed by atoms with Gasteiger partial charge in [0.1, 0.15) is 13.2 Å². The van der Waals surface area contributed by atoms with Crippen molar-refractivity contribution in [2.45, 2.75) is 335 Å². The molecule has 0 spiro atoms. The number of carbonyl (C=O) groups excluding carboxylic acids is 3. The fourth-order valence-electron chi connectivity index (χ4n) is 9.31. The maximum absolute atomic E-state index is 12.9. The van der Waals surface area contributed by atoms with E-state index in [1.54, 1.807) is 0 Å². The molecule has 0 aromatic rings. The van der Waals surface area contributed by atoms with E-state index in [-0.39, 0.29) is 31.1 Å².